The molecule has 178 valence electrons. The number of rotatable bonds is 6. The summed E-state index contributed by atoms with van der Waals surface area (Å²) in [5, 5.41) is 0. The summed E-state index contributed by atoms with van der Waals surface area (Å²) < 4.78 is 34.0. The van der Waals surface area contributed by atoms with E-state index < -0.39 is 33.7 Å². The zero-order chi connectivity index (χ0) is 24.3. The van der Waals surface area contributed by atoms with Crippen LogP contribution in [0.15, 0.2) is 40.8 Å². The molecule has 0 unspecified atom stereocenters. The van der Waals surface area contributed by atoms with Crippen molar-refractivity contribution in [1.82, 2.24) is 9.21 Å². The number of carbonyl (C=O) groups is 2. The lowest BCUT2D eigenvalue weighted by molar-refractivity contribution is -0.133. The fraction of sp³-hybridized carbons (Fsp3) is 0.583. The Kier molecular flexibility index (Phi) is 8.28. The fourth-order valence-corrected chi connectivity index (χ4v) is 4.97. The summed E-state index contributed by atoms with van der Waals surface area (Å²) in [4.78, 5) is 27.4. The largest absolute Gasteiger partial charge is 0.443 e. The Hall–Kier alpha value is -2.19. The lowest BCUT2D eigenvalue weighted by Gasteiger charge is -2.33. The van der Waals surface area contributed by atoms with Gasteiger partial charge >= 0.3 is 6.09 Å². The fourth-order valence-electron chi connectivity index (χ4n) is 3.37. The van der Waals surface area contributed by atoms with Gasteiger partial charge in [0.05, 0.1) is 11.4 Å². The maximum Gasteiger partial charge on any atom is 0.417 e. The molecule has 0 saturated carbocycles. The first kappa shape index (κ1) is 26.1. The van der Waals surface area contributed by atoms with E-state index >= 15 is 0 Å². The molecule has 8 heteroatoms. The molecule has 0 aromatic heterocycles. The van der Waals surface area contributed by atoms with Gasteiger partial charge in [-0.05, 0) is 65.5 Å². The summed E-state index contributed by atoms with van der Waals surface area (Å²) in [6, 6.07) is 5.57. The zero-order valence-electron chi connectivity index (χ0n) is 20.2. The Balaban J connectivity index is 2.50. The van der Waals surface area contributed by atoms with E-state index in [4.69, 9.17) is 4.74 Å². The second-order valence-corrected chi connectivity index (χ2v) is 11.7. The summed E-state index contributed by atoms with van der Waals surface area (Å²) in [6.45, 7) is 13.1. The van der Waals surface area contributed by atoms with Gasteiger partial charge in [0, 0.05) is 6.54 Å². The smallest absolute Gasteiger partial charge is 0.417 e. The maximum atomic E-state index is 13.6. The highest BCUT2D eigenvalue weighted by molar-refractivity contribution is 7.89. The molecule has 2 rings (SSSR count). The normalized spacial score (nSPS) is 18.0. The number of carbonyl (C=O) groups excluding carboxylic acids is 2. The van der Waals surface area contributed by atoms with E-state index in [9.17, 15) is 18.0 Å². The van der Waals surface area contributed by atoms with Crippen LogP contribution < -0.4 is 0 Å². The average molecular weight is 465 g/mol. The number of benzene rings is 1. The Bertz CT molecular complexity index is 959. The van der Waals surface area contributed by atoms with Gasteiger partial charge in [0.1, 0.15) is 11.6 Å². The lowest BCUT2D eigenvalue weighted by Crippen LogP contribution is -2.53. The van der Waals surface area contributed by atoms with Crippen molar-refractivity contribution in [2.75, 3.05) is 13.1 Å². The van der Waals surface area contributed by atoms with Crippen LogP contribution >= 0.6 is 0 Å². The molecule has 7 nitrogen and oxygen atoms in total. The SMILES string of the molecule is CC1=CCN(C(=O)OC(C)(C)C)C(=O)[C@@H](N(CCC(C)C)S(=O)(=O)c2ccc(C)cc2)C1. The highest BCUT2D eigenvalue weighted by atomic mass is 32.2. The number of ether oxygens (including phenoxy) is 1. The molecule has 0 aliphatic carbocycles. The Morgan fingerprint density at radius 1 is 1.19 bits per heavy atom. The summed E-state index contributed by atoms with van der Waals surface area (Å²) in [6.07, 6.45) is 1.82. The van der Waals surface area contributed by atoms with Crippen molar-refractivity contribution < 1.29 is 22.7 Å². The van der Waals surface area contributed by atoms with Gasteiger partial charge < -0.3 is 4.74 Å². The van der Waals surface area contributed by atoms with E-state index in [0.717, 1.165) is 16.0 Å². The number of aryl methyl sites for hydroxylation is 1. The van der Waals surface area contributed by atoms with Crippen LogP contribution in [0.3, 0.4) is 0 Å². The topological polar surface area (TPSA) is 84.0 Å². The molecule has 0 bridgehead atoms. The maximum absolute atomic E-state index is 13.6. The predicted molar refractivity (Wildman–Crippen MR) is 125 cm³/mol. The van der Waals surface area contributed by atoms with Gasteiger partial charge in [-0.15, -0.1) is 0 Å². The summed E-state index contributed by atoms with van der Waals surface area (Å²) in [7, 11) is -3.96. The summed E-state index contributed by atoms with van der Waals surface area (Å²) in [5.41, 5.74) is 1.02. The van der Waals surface area contributed by atoms with Gasteiger partial charge in [-0.2, -0.15) is 4.31 Å². The lowest BCUT2D eigenvalue weighted by atomic mass is 10.1. The van der Waals surface area contributed by atoms with Gasteiger partial charge in [-0.3, -0.25) is 4.79 Å². The van der Waals surface area contributed by atoms with Crippen LogP contribution in [-0.2, 0) is 19.6 Å². The summed E-state index contributed by atoms with van der Waals surface area (Å²) >= 11 is 0. The zero-order valence-corrected chi connectivity index (χ0v) is 21.0. The average Bonchev–Trinajstić information content (AvgIpc) is 2.79. The molecule has 0 N–H and O–H groups in total. The van der Waals surface area contributed by atoms with Crippen molar-refractivity contribution >= 4 is 22.0 Å². The highest BCUT2D eigenvalue weighted by Crippen LogP contribution is 2.27. The molecule has 1 aliphatic rings. The van der Waals surface area contributed by atoms with Crippen LogP contribution in [0.1, 0.15) is 59.9 Å². The van der Waals surface area contributed by atoms with Crippen LogP contribution in [-0.4, -0.2) is 54.4 Å². The number of hydrogen-bond acceptors (Lipinski definition) is 5. The summed E-state index contributed by atoms with van der Waals surface area (Å²) in [5.74, 6) is -0.322. The first-order chi connectivity index (χ1) is 14.7. The molecule has 2 amide bonds. The second kappa shape index (κ2) is 10.2. The highest BCUT2D eigenvalue weighted by Gasteiger charge is 2.41. The molecule has 0 spiro atoms. The monoisotopic (exact) mass is 464 g/mol. The standard InChI is InChI=1S/C24H36N2O5S/c1-17(2)12-15-26(32(29,30)20-10-8-18(3)9-11-20)21-16-19(4)13-14-25(22(21)27)23(28)31-24(5,6)7/h8-11,13,17,21H,12,14-16H2,1-7H3/t21-/m0/s1. The molecular weight excluding hydrogens is 428 g/mol. The number of amides is 2. The van der Waals surface area contributed by atoms with Gasteiger partial charge in [0.15, 0.2) is 0 Å². The van der Waals surface area contributed by atoms with E-state index in [2.05, 4.69) is 0 Å². The van der Waals surface area contributed by atoms with Crippen molar-refractivity contribution in [3.63, 3.8) is 0 Å². The van der Waals surface area contributed by atoms with E-state index in [1.807, 2.05) is 27.7 Å². The molecule has 1 aliphatic heterocycles. The van der Waals surface area contributed by atoms with Crippen LogP contribution in [0, 0.1) is 12.8 Å². The van der Waals surface area contributed by atoms with Crippen molar-refractivity contribution in [2.24, 2.45) is 5.92 Å². The number of imide groups is 1. The van der Waals surface area contributed by atoms with Crippen molar-refractivity contribution in [1.29, 1.82) is 0 Å². The third-order valence-corrected chi connectivity index (χ3v) is 7.13. The number of sulfonamides is 1. The minimum Gasteiger partial charge on any atom is -0.443 e. The minimum atomic E-state index is -3.96. The van der Waals surface area contributed by atoms with Gasteiger partial charge in [0.25, 0.3) is 5.91 Å². The molecule has 1 heterocycles. The third kappa shape index (κ3) is 6.65. The van der Waals surface area contributed by atoms with Gasteiger partial charge in [0.2, 0.25) is 10.0 Å². The van der Waals surface area contributed by atoms with E-state index in [1.165, 1.54) is 4.31 Å². The first-order valence-corrected chi connectivity index (χ1v) is 12.4. The van der Waals surface area contributed by atoms with Gasteiger partial charge in [-0.1, -0.05) is 43.2 Å². The Morgan fingerprint density at radius 2 is 1.78 bits per heavy atom. The molecule has 0 fully saturated rings. The molecule has 1 aromatic rings. The minimum absolute atomic E-state index is 0.0542. The number of hydrogen-bond donors (Lipinski definition) is 0. The first-order valence-electron chi connectivity index (χ1n) is 11.0. The van der Waals surface area contributed by atoms with Crippen molar-refractivity contribution in [3.05, 3.63) is 41.5 Å². The quantitative estimate of drug-likeness (QED) is 0.578. The van der Waals surface area contributed by atoms with Crippen LogP contribution in [0.25, 0.3) is 0 Å². The third-order valence-electron chi connectivity index (χ3n) is 5.20. The molecule has 0 saturated heterocycles. The van der Waals surface area contributed by atoms with Crippen LogP contribution in [0.4, 0.5) is 4.79 Å². The molecular formula is C24H36N2O5S. The van der Waals surface area contributed by atoms with Crippen LogP contribution in [0.5, 0.6) is 0 Å². The van der Waals surface area contributed by atoms with Crippen molar-refractivity contribution in [3.8, 4) is 0 Å². The Morgan fingerprint density at radius 3 is 2.31 bits per heavy atom. The van der Waals surface area contributed by atoms with E-state index in [1.54, 1.807) is 51.1 Å². The van der Waals surface area contributed by atoms with Crippen molar-refractivity contribution in [2.45, 2.75) is 77.8 Å². The predicted octanol–water partition coefficient (Wildman–Crippen LogP) is 4.51. The van der Waals surface area contributed by atoms with E-state index in [-0.39, 0.29) is 30.3 Å². The van der Waals surface area contributed by atoms with E-state index in [0.29, 0.717) is 6.42 Å². The van der Waals surface area contributed by atoms with Crippen LogP contribution in [0.2, 0.25) is 0 Å². The molecule has 1 aromatic carbocycles. The Labute approximate surface area is 192 Å². The second-order valence-electron chi connectivity index (χ2n) is 9.81. The molecule has 1 atom stereocenters. The molecule has 0 radical (unpaired) electrons. The molecule has 32 heavy (non-hydrogen) atoms. The number of nitrogens with zero attached hydrogens (tertiary/aromatic N) is 2. The van der Waals surface area contributed by atoms with Gasteiger partial charge in [-0.25, -0.2) is 18.1 Å².